The molecule has 9 heteroatoms. The molecule has 0 unspecified atom stereocenters. The highest BCUT2D eigenvalue weighted by atomic mass is 79.9. The molecule has 1 heterocycles. The van der Waals surface area contributed by atoms with Crippen LogP contribution in [0.1, 0.15) is 0 Å². The maximum atomic E-state index is 11.1. The highest BCUT2D eigenvalue weighted by molar-refractivity contribution is 9.10. The lowest BCUT2D eigenvalue weighted by atomic mass is 10.5. The van der Waals surface area contributed by atoms with Gasteiger partial charge >= 0.3 is 0 Å². The molecule has 16 heavy (non-hydrogen) atoms. The number of hydrogen-bond donors (Lipinski definition) is 3. The van der Waals surface area contributed by atoms with Crippen LogP contribution in [0.25, 0.3) is 0 Å². The number of sulfonamides is 1. The molecule has 0 atom stereocenters. The Morgan fingerprint density at radius 1 is 1.50 bits per heavy atom. The highest BCUT2D eigenvalue weighted by Crippen LogP contribution is 2.12. The van der Waals surface area contributed by atoms with Crippen molar-refractivity contribution < 1.29 is 8.42 Å². The molecule has 3 N–H and O–H groups in total. The fraction of sp³-hybridized carbons (Fsp3) is 0.429. The Morgan fingerprint density at radius 3 is 2.81 bits per heavy atom. The average molecular weight is 311 g/mol. The molecule has 0 bridgehead atoms. The minimum absolute atomic E-state index is 0.222. The van der Waals surface area contributed by atoms with Crippen LogP contribution in [0.5, 0.6) is 0 Å². The van der Waals surface area contributed by atoms with E-state index in [9.17, 15) is 13.2 Å². The van der Waals surface area contributed by atoms with Gasteiger partial charge in [0, 0.05) is 13.1 Å². The highest BCUT2D eigenvalue weighted by Gasteiger charge is 2.04. The van der Waals surface area contributed by atoms with Gasteiger partial charge in [0.25, 0.3) is 5.56 Å². The van der Waals surface area contributed by atoms with Crippen molar-refractivity contribution in [3.05, 3.63) is 21.2 Å². The van der Waals surface area contributed by atoms with Gasteiger partial charge in [-0.3, -0.25) is 4.79 Å². The number of aromatic nitrogens is 2. The van der Waals surface area contributed by atoms with Crippen LogP contribution in [0, 0.1) is 0 Å². The number of anilines is 1. The predicted molar refractivity (Wildman–Crippen MR) is 63.9 cm³/mol. The molecule has 0 aliphatic rings. The minimum Gasteiger partial charge on any atom is -0.368 e. The number of aromatic amines is 1. The number of hydrogen-bond acceptors (Lipinski definition) is 5. The molecule has 0 saturated carbocycles. The molecule has 0 aromatic carbocycles. The Labute approximate surface area is 101 Å². The Kier molecular flexibility index (Phi) is 4.44. The molecule has 1 rings (SSSR count). The number of rotatable bonds is 5. The molecule has 90 valence electrons. The zero-order valence-electron chi connectivity index (χ0n) is 8.45. The molecule has 7 nitrogen and oxygen atoms in total. The second-order valence-corrected chi connectivity index (χ2v) is 5.61. The van der Waals surface area contributed by atoms with Crippen molar-refractivity contribution in [1.82, 2.24) is 14.7 Å². The third-order valence-corrected chi connectivity index (χ3v) is 3.04. The Bertz CT molecular complexity index is 513. The van der Waals surface area contributed by atoms with E-state index < -0.39 is 10.0 Å². The Hall–Kier alpha value is -0.930. The standard InChI is InChI=1S/C7H11BrN4O3S/c1-16(14,15)12-3-2-9-6-5(8)7(13)11-4-10-6/h4,12H,2-3H2,1H3,(H2,9,10,11,13). The molecule has 0 saturated heterocycles. The Morgan fingerprint density at radius 2 is 2.19 bits per heavy atom. The minimum atomic E-state index is -3.19. The van der Waals surface area contributed by atoms with Crippen LogP contribution >= 0.6 is 15.9 Å². The van der Waals surface area contributed by atoms with Gasteiger partial charge in [0.2, 0.25) is 10.0 Å². The summed E-state index contributed by atoms with van der Waals surface area (Å²) in [4.78, 5) is 17.4. The van der Waals surface area contributed by atoms with Crippen LogP contribution in [0.15, 0.2) is 15.6 Å². The first-order valence-electron chi connectivity index (χ1n) is 4.32. The van der Waals surface area contributed by atoms with Crippen molar-refractivity contribution in [3.63, 3.8) is 0 Å². The van der Waals surface area contributed by atoms with E-state index >= 15 is 0 Å². The SMILES string of the molecule is CS(=O)(=O)NCCNc1nc[nH]c(=O)c1Br. The van der Waals surface area contributed by atoms with Crippen molar-refractivity contribution in [2.75, 3.05) is 24.7 Å². The number of nitrogens with zero attached hydrogens (tertiary/aromatic N) is 1. The first kappa shape index (κ1) is 13.1. The van der Waals surface area contributed by atoms with Gasteiger partial charge in [-0.15, -0.1) is 0 Å². The largest absolute Gasteiger partial charge is 0.368 e. The van der Waals surface area contributed by atoms with Crippen LogP contribution in [0.3, 0.4) is 0 Å². The molecule has 0 aliphatic carbocycles. The van der Waals surface area contributed by atoms with Gasteiger partial charge < -0.3 is 10.3 Å². The monoisotopic (exact) mass is 310 g/mol. The third-order valence-electron chi connectivity index (χ3n) is 1.58. The molecule has 1 aromatic rings. The third kappa shape index (κ3) is 4.29. The molecule has 0 amide bonds. The van der Waals surface area contributed by atoms with E-state index in [1.165, 1.54) is 6.33 Å². The lowest BCUT2D eigenvalue weighted by Gasteiger charge is -2.06. The topological polar surface area (TPSA) is 104 Å². The number of halogens is 1. The van der Waals surface area contributed by atoms with Crippen molar-refractivity contribution in [1.29, 1.82) is 0 Å². The number of nitrogens with one attached hydrogen (secondary N) is 3. The van der Waals surface area contributed by atoms with Gasteiger partial charge in [-0.2, -0.15) is 0 Å². The fourth-order valence-corrected chi connectivity index (χ4v) is 1.75. The smallest absolute Gasteiger partial charge is 0.267 e. The lowest BCUT2D eigenvalue weighted by molar-refractivity contribution is 0.589. The van der Waals surface area contributed by atoms with Gasteiger partial charge in [0.15, 0.2) is 0 Å². The van der Waals surface area contributed by atoms with Crippen molar-refractivity contribution in [3.8, 4) is 0 Å². The first-order chi connectivity index (χ1) is 7.40. The summed E-state index contributed by atoms with van der Waals surface area (Å²) in [6.07, 6.45) is 2.34. The zero-order valence-corrected chi connectivity index (χ0v) is 10.9. The molecule has 0 aliphatic heterocycles. The van der Waals surface area contributed by atoms with Crippen molar-refractivity contribution in [2.45, 2.75) is 0 Å². The van der Waals surface area contributed by atoms with Crippen LogP contribution in [0.2, 0.25) is 0 Å². The van der Waals surface area contributed by atoms with Crippen molar-refractivity contribution in [2.24, 2.45) is 0 Å². The van der Waals surface area contributed by atoms with E-state index in [0.717, 1.165) is 6.26 Å². The number of H-pyrrole nitrogens is 1. The summed E-state index contributed by atoms with van der Waals surface area (Å²) in [7, 11) is -3.19. The van der Waals surface area contributed by atoms with E-state index in [2.05, 4.69) is 35.9 Å². The molecule has 0 fully saturated rings. The molecule has 0 radical (unpaired) electrons. The lowest BCUT2D eigenvalue weighted by Crippen LogP contribution is -2.28. The maximum Gasteiger partial charge on any atom is 0.267 e. The van der Waals surface area contributed by atoms with E-state index in [1.54, 1.807) is 0 Å². The zero-order chi connectivity index (χ0) is 12.2. The average Bonchev–Trinajstić information content (AvgIpc) is 2.17. The summed E-state index contributed by atoms with van der Waals surface area (Å²) in [6.45, 7) is 0.557. The summed E-state index contributed by atoms with van der Waals surface area (Å²) < 4.78 is 24.1. The van der Waals surface area contributed by atoms with E-state index in [1.807, 2.05) is 0 Å². The van der Waals surface area contributed by atoms with Gasteiger partial charge in [0.05, 0.1) is 12.6 Å². The van der Waals surface area contributed by atoms with Gasteiger partial charge in [0.1, 0.15) is 10.3 Å². The Balaban J connectivity index is 2.50. The van der Waals surface area contributed by atoms with E-state index in [-0.39, 0.29) is 16.6 Å². The predicted octanol–water partition coefficient (Wildman–Crippen LogP) is -0.507. The fourth-order valence-electron chi connectivity index (χ4n) is 0.924. The molecule has 0 spiro atoms. The molecule has 1 aromatic heterocycles. The summed E-state index contributed by atoms with van der Waals surface area (Å²) in [6, 6.07) is 0. The van der Waals surface area contributed by atoms with Crippen molar-refractivity contribution >= 4 is 31.8 Å². The molecular formula is C7H11BrN4O3S. The summed E-state index contributed by atoms with van der Waals surface area (Å²) >= 11 is 3.06. The van der Waals surface area contributed by atoms with Gasteiger partial charge in [-0.25, -0.2) is 18.1 Å². The first-order valence-corrected chi connectivity index (χ1v) is 7.00. The normalized spacial score (nSPS) is 11.4. The summed E-state index contributed by atoms with van der Waals surface area (Å²) in [5, 5.41) is 2.82. The quantitative estimate of drug-likeness (QED) is 0.636. The maximum absolute atomic E-state index is 11.1. The second-order valence-electron chi connectivity index (χ2n) is 2.99. The second kappa shape index (κ2) is 5.41. The van der Waals surface area contributed by atoms with Crippen LogP contribution < -0.4 is 15.6 Å². The molecular weight excluding hydrogens is 300 g/mol. The summed E-state index contributed by atoms with van der Waals surface area (Å²) in [5.74, 6) is 0.374. The van der Waals surface area contributed by atoms with Crippen LogP contribution in [-0.2, 0) is 10.0 Å². The van der Waals surface area contributed by atoms with E-state index in [4.69, 9.17) is 0 Å². The summed E-state index contributed by atoms with van der Waals surface area (Å²) in [5.41, 5.74) is -0.298. The van der Waals surface area contributed by atoms with Gasteiger partial charge in [-0.05, 0) is 15.9 Å². The van der Waals surface area contributed by atoms with Crippen LogP contribution in [0.4, 0.5) is 5.82 Å². The van der Waals surface area contributed by atoms with Gasteiger partial charge in [-0.1, -0.05) is 0 Å². The van der Waals surface area contributed by atoms with Crippen LogP contribution in [-0.4, -0.2) is 37.7 Å². The van der Waals surface area contributed by atoms with E-state index in [0.29, 0.717) is 12.4 Å².